The van der Waals surface area contributed by atoms with Gasteiger partial charge in [0.15, 0.2) is 5.82 Å². The Labute approximate surface area is 104 Å². The molecule has 0 aliphatic rings. The Balaban J connectivity index is 2.31. The van der Waals surface area contributed by atoms with Crippen molar-refractivity contribution in [1.82, 2.24) is 20.2 Å². The number of tetrazole rings is 1. The molecule has 1 aromatic heterocycles. The predicted octanol–water partition coefficient (Wildman–Crippen LogP) is 0.355. The van der Waals surface area contributed by atoms with Crippen LogP contribution in [0.15, 0.2) is 24.3 Å². The molecule has 0 radical (unpaired) electrons. The lowest BCUT2D eigenvalue weighted by atomic mass is 10.2. The topological polar surface area (TPSA) is 84.1 Å². The monoisotopic (exact) mass is 247 g/mol. The molecule has 0 unspecified atom stereocenters. The zero-order chi connectivity index (χ0) is 13.1. The number of rotatable bonds is 4. The summed E-state index contributed by atoms with van der Waals surface area (Å²) in [6.07, 6.45) is -0.206. The van der Waals surface area contributed by atoms with Crippen LogP contribution in [0.4, 0.5) is 5.69 Å². The van der Waals surface area contributed by atoms with Gasteiger partial charge >= 0.3 is 5.97 Å². The number of aromatic nitrogens is 4. The third-order valence-electron chi connectivity index (χ3n) is 2.45. The smallest absolute Gasteiger partial charge is 0.311 e. The predicted molar refractivity (Wildman–Crippen MR) is 64.8 cm³/mol. The van der Waals surface area contributed by atoms with Gasteiger partial charge in [-0.2, -0.15) is 4.68 Å². The average molecular weight is 247 g/mol. The number of aliphatic carboxylic acids is 1. The first-order valence-corrected chi connectivity index (χ1v) is 5.35. The minimum absolute atomic E-state index is 0.206. The lowest BCUT2D eigenvalue weighted by molar-refractivity contribution is -0.136. The second-order valence-corrected chi connectivity index (χ2v) is 3.99. The van der Waals surface area contributed by atoms with Crippen molar-refractivity contribution in [1.29, 1.82) is 0 Å². The molecule has 0 atom stereocenters. The molecule has 7 nitrogen and oxygen atoms in total. The minimum atomic E-state index is -0.962. The molecule has 0 bridgehead atoms. The fraction of sp³-hybridized carbons (Fsp3) is 0.273. The van der Waals surface area contributed by atoms with Gasteiger partial charge in [-0.15, -0.1) is 5.10 Å². The highest BCUT2D eigenvalue weighted by molar-refractivity contribution is 5.69. The molecule has 0 fully saturated rings. The summed E-state index contributed by atoms with van der Waals surface area (Å²) in [5.74, 6) is -0.656. The molecule has 0 saturated carbocycles. The average Bonchev–Trinajstić information content (AvgIpc) is 2.76. The van der Waals surface area contributed by atoms with Gasteiger partial charge in [-0.1, -0.05) is 0 Å². The van der Waals surface area contributed by atoms with E-state index in [4.69, 9.17) is 5.11 Å². The molecule has 2 rings (SSSR count). The first-order chi connectivity index (χ1) is 8.58. The first kappa shape index (κ1) is 12.0. The Hall–Kier alpha value is -2.44. The molecule has 7 heteroatoms. The molecule has 1 N–H and O–H groups in total. The normalized spacial score (nSPS) is 10.3. The molecule has 0 aliphatic heterocycles. The summed E-state index contributed by atoms with van der Waals surface area (Å²) in [6, 6.07) is 7.53. The van der Waals surface area contributed by atoms with Crippen molar-refractivity contribution in [3.8, 4) is 5.69 Å². The first-order valence-electron chi connectivity index (χ1n) is 5.35. The summed E-state index contributed by atoms with van der Waals surface area (Å²) in [5, 5.41) is 19.7. The van der Waals surface area contributed by atoms with Gasteiger partial charge in [-0.3, -0.25) is 4.79 Å². The third kappa shape index (κ3) is 2.45. The van der Waals surface area contributed by atoms with Crippen LogP contribution in [0.5, 0.6) is 0 Å². The van der Waals surface area contributed by atoms with Crippen molar-refractivity contribution < 1.29 is 9.90 Å². The SMILES string of the molecule is CN(C)c1ccc(-n2nnnc2CC(=O)O)cc1. The Morgan fingerprint density at radius 3 is 2.56 bits per heavy atom. The number of anilines is 1. The van der Waals surface area contributed by atoms with E-state index >= 15 is 0 Å². The Kier molecular flexibility index (Phi) is 3.22. The maximum absolute atomic E-state index is 10.7. The molecule has 2 aromatic rings. The molecule has 0 saturated heterocycles. The minimum Gasteiger partial charge on any atom is -0.481 e. The number of hydrogen-bond donors (Lipinski definition) is 1. The van der Waals surface area contributed by atoms with Crippen LogP contribution < -0.4 is 4.90 Å². The lowest BCUT2D eigenvalue weighted by Crippen LogP contribution is -2.10. The number of carbonyl (C=O) groups is 1. The highest BCUT2D eigenvalue weighted by Crippen LogP contribution is 2.15. The molecular weight excluding hydrogens is 234 g/mol. The molecule has 94 valence electrons. The number of carboxylic acid groups (broad SMARTS) is 1. The van der Waals surface area contributed by atoms with Crippen LogP contribution in [0.3, 0.4) is 0 Å². The third-order valence-corrected chi connectivity index (χ3v) is 2.45. The molecule has 0 amide bonds. The van der Waals surface area contributed by atoms with Gasteiger partial charge in [0.05, 0.1) is 5.69 Å². The van der Waals surface area contributed by atoms with E-state index in [0.29, 0.717) is 5.82 Å². The van der Waals surface area contributed by atoms with Gasteiger partial charge in [0.2, 0.25) is 0 Å². The molecular formula is C11H13N5O2. The fourth-order valence-corrected chi connectivity index (χ4v) is 1.54. The van der Waals surface area contributed by atoms with Crippen LogP contribution in [0.25, 0.3) is 5.69 Å². The van der Waals surface area contributed by atoms with Gasteiger partial charge in [0.1, 0.15) is 6.42 Å². The van der Waals surface area contributed by atoms with Gasteiger partial charge in [-0.25, -0.2) is 0 Å². The second kappa shape index (κ2) is 4.82. The van der Waals surface area contributed by atoms with E-state index in [1.165, 1.54) is 4.68 Å². The van der Waals surface area contributed by atoms with Crippen molar-refractivity contribution in [2.45, 2.75) is 6.42 Å². The largest absolute Gasteiger partial charge is 0.481 e. The lowest BCUT2D eigenvalue weighted by Gasteiger charge is -2.12. The summed E-state index contributed by atoms with van der Waals surface area (Å²) in [7, 11) is 3.89. The Bertz CT molecular complexity index is 547. The zero-order valence-electron chi connectivity index (χ0n) is 10.1. The Morgan fingerprint density at radius 2 is 2.00 bits per heavy atom. The summed E-state index contributed by atoms with van der Waals surface area (Å²) >= 11 is 0. The molecule has 1 aromatic carbocycles. The number of benzene rings is 1. The molecule has 0 spiro atoms. The van der Waals surface area contributed by atoms with Crippen molar-refractivity contribution in [3.63, 3.8) is 0 Å². The summed E-state index contributed by atoms with van der Waals surface area (Å²) in [4.78, 5) is 12.7. The molecule has 0 aliphatic carbocycles. The molecule has 1 heterocycles. The summed E-state index contributed by atoms with van der Waals surface area (Å²) in [6.45, 7) is 0. The quantitative estimate of drug-likeness (QED) is 0.839. The highest BCUT2D eigenvalue weighted by atomic mass is 16.4. The van der Waals surface area contributed by atoms with Gasteiger partial charge < -0.3 is 10.0 Å². The fourth-order valence-electron chi connectivity index (χ4n) is 1.54. The van der Waals surface area contributed by atoms with Crippen molar-refractivity contribution in [2.24, 2.45) is 0 Å². The number of hydrogen-bond acceptors (Lipinski definition) is 5. The second-order valence-electron chi connectivity index (χ2n) is 3.99. The van der Waals surface area contributed by atoms with Gasteiger partial charge in [0, 0.05) is 19.8 Å². The summed E-state index contributed by atoms with van der Waals surface area (Å²) in [5.41, 5.74) is 1.79. The van der Waals surface area contributed by atoms with Crippen molar-refractivity contribution in [2.75, 3.05) is 19.0 Å². The van der Waals surface area contributed by atoms with E-state index in [2.05, 4.69) is 15.5 Å². The van der Waals surface area contributed by atoms with Crippen LogP contribution in [0.1, 0.15) is 5.82 Å². The highest BCUT2D eigenvalue weighted by Gasteiger charge is 2.11. The van der Waals surface area contributed by atoms with Crippen LogP contribution >= 0.6 is 0 Å². The van der Waals surface area contributed by atoms with Crippen LogP contribution in [0.2, 0.25) is 0 Å². The standard InChI is InChI=1S/C11H13N5O2/c1-15(2)8-3-5-9(6-4-8)16-10(7-11(17)18)12-13-14-16/h3-6H,7H2,1-2H3,(H,17,18). The van der Waals surface area contributed by atoms with Gasteiger partial charge in [-0.05, 0) is 34.7 Å². The van der Waals surface area contributed by atoms with Crippen LogP contribution in [0, 0.1) is 0 Å². The van der Waals surface area contributed by atoms with E-state index in [1.54, 1.807) is 0 Å². The van der Waals surface area contributed by atoms with Crippen molar-refractivity contribution >= 4 is 11.7 Å². The van der Waals surface area contributed by atoms with Crippen LogP contribution in [-0.4, -0.2) is 45.4 Å². The van der Waals surface area contributed by atoms with E-state index in [-0.39, 0.29) is 6.42 Å². The number of carboxylic acids is 1. The summed E-state index contributed by atoms with van der Waals surface area (Å²) < 4.78 is 1.42. The van der Waals surface area contributed by atoms with E-state index in [9.17, 15) is 4.79 Å². The Morgan fingerprint density at radius 1 is 1.33 bits per heavy atom. The maximum Gasteiger partial charge on any atom is 0.311 e. The maximum atomic E-state index is 10.7. The molecule has 18 heavy (non-hydrogen) atoms. The van der Waals surface area contributed by atoms with E-state index in [1.807, 2.05) is 43.3 Å². The van der Waals surface area contributed by atoms with E-state index < -0.39 is 5.97 Å². The van der Waals surface area contributed by atoms with Crippen molar-refractivity contribution in [3.05, 3.63) is 30.1 Å². The number of nitrogens with zero attached hydrogens (tertiary/aromatic N) is 5. The van der Waals surface area contributed by atoms with Crippen LogP contribution in [-0.2, 0) is 11.2 Å². The van der Waals surface area contributed by atoms with Gasteiger partial charge in [0.25, 0.3) is 0 Å². The zero-order valence-corrected chi connectivity index (χ0v) is 10.1. The van der Waals surface area contributed by atoms with E-state index in [0.717, 1.165) is 11.4 Å².